The van der Waals surface area contributed by atoms with Crippen LogP contribution in [0.5, 0.6) is 0 Å². The maximum Gasteiger partial charge on any atom is 0.275 e. The summed E-state index contributed by atoms with van der Waals surface area (Å²) in [5.74, 6) is -0.352. The molecule has 182 valence electrons. The third kappa shape index (κ3) is 4.68. The number of nitrogens with zero attached hydrogens (tertiary/aromatic N) is 5. The zero-order valence-electron chi connectivity index (χ0n) is 19.9. The number of nitrogens with one attached hydrogen (secondary N) is 1. The van der Waals surface area contributed by atoms with Crippen LogP contribution in [0.15, 0.2) is 77.9 Å². The lowest BCUT2D eigenvalue weighted by molar-refractivity contribution is -0.132. The number of piperazine rings is 1. The standard InChI is InChI=1S/C27H26N6O3/c1-19-21-6-2-3-7-22(21)27(36)33(30-19)18-25(34)32-16-14-31(15-17-32)24-9-5-4-8-23(24)26(35)29-20-10-12-28-13-11-20/h2-13H,14-18H2,1H3,(H,28,29,35). The number of hydrogen-bond acceptors (Lipinski definition) is 6. The first-order chi connectivity index (χ1) is 17.5. The van der Waals surface area contributed by atoms with E-state index in [2.05, 4.69) is 20.3 Å². The van der Waals surface area contributed by atoms with Crippen LogP contribution < -0.4 is 15.8 Å². The summed E-state index contributed by atoms with van der Waals surface area (Å²) in [6.07, 6.45) is 3.25. The Morgan fingerprint density at radius 1 is 0.889 bits per heavy atom. The molecule has 1 aliphatic heterocycles. The van der Waals surface area contributed by atoms with Gasteiger partial charge in [0.25, 0.3) is 11.5 Å². The molecule has 36 heavy (non-hydrogen) atoms. The van der Waals surface area contributed by atoms with Crippen molar-refractivity contribution in [3.8, 4) is 0 Å². The van der Waals surface area contributed by atoms with Crippen LogP contribution in [0, 0.1) is 6.92 Å². The molecule has 1 fully saturated rings. The summed E-state index contributed by atoms with van der Waals surface area (Å²) < 4.78 is 1.26. The van der Waals surface area contributed by atoms with E-state index in [1.165, 1.54) is 4.68 Å². The Bertz CT molecular complexity index is 1480. The number of hydrogen-bond donors (Lipinski definition) is 1. The predicted molar refractivity (Wildman–Crippen MR) is 138 cm³/mol. The zero-order chi connectivity index (χ0) is 25.1. The van der Waals surface area contributed by atoms with Crippen LogP contribution in [0.1, 0.15) is 16.1 Å². The Labute approximate surface area is 208 Å². The number of fused-ring (bicyclic) bond motifs is 1. The van der Waals surface area contributed by atoms with Crippen molar-refractivity contribution in [2.75, 3.05) is 36.4 Å². The molecule has 2 aromatic carbocycles. The molecule has 0 aliphatic carbocycles. The molecular weight excluding hydrogens is 456 g/mol. The van der Waals surface area contributed by atoms with E-state index in [0.717, 1.165) is 11.1 Å². The number of anilines is 2. The number of para-hydroxylation sites is 1. The van der Waals surface area contributed by atoms with Crippen LogP contribution in [0.25, 0.3) is 10.8 Å². The second-order valence-corrected chi connectivity index (χ2v) is 8.67. The molecule has 0 unspecified atom stereocenters. The van der Waals surface area contributed by atoms with E-state index in [4.69, 9.17) is 0 Å². The van der Waals surface area contributed by atoms with Gasteiger partial charge in [0.1, 0.15) is 6.54 Å². The molecule has 5 rings (SSSR count). The Balaban J connectivity index is 1.26. The van der Waals surface area contributed by atoms with Gasteiger partial charge in [0.05, 0.1) is 16.6 Å². The van der Waals surface area contributed by atoms with E-state index in [1.807, 2.05) is 43.3 Å². The van der Waals surface area contributed by atoms with E-state index < -0.39 is 0 Å². The Kier molecular flexibility index (Phi) is 6.44. The number of benzene rings is 2. The third-order valence-corrected chi connectivity index (χ3v) is 6.40. The van der Waals surface area contributed by atoms with Crippen LogP contribution >= 0.6 is 0 Å². The molecule has 3 heterocycles. The minimum Gasteiger partial charge on any atom is -0.367 e. The Hall–Kier alpha value is -4.53. The van der Waals surface area contributed by atoms with E-state index in [9.17, 15) is 14.4 Å². The van der Waals surface area contributed by atoms with Gasteiger partial charge in [0.2, 0.25) is 5.91 Å². The van der Waals surface area contributed by atoms with E-state index in [0.29, 0.717) is 48.5 Å². The first kappa shape index (κ1) is 23.2. The smallest absolute Gasteiger partial charge is 0.275 e. The topological polar surface area (TPSA) is 100 Å². The summed E-state index contributed by atoms with van der Waals surface area (Å²) in [5, 5.41) is 8.62. The first-order valence-corrected chi connectivity index (χ1v) is 11.8. The van der Waals surface area contributed by atoms with Crippen molar-refractivity contribution >= 4 is 34.0 Å². The average molecular weight is 483 g/mol. The lowest BCUT2D eigenvalue weighted by Crippen LogP contribution is -2.50. The second-order valence-electron chi connectivity index (χ2n) is 8.67. The molecule has 1 saturated heterocycles. The third-order valence-electron chi connectivity index (χ3n) is 6.40. The molecule has 2 aromatic heterocycles. The zero-order valence-corrected chi connectivity index (χ0v) is 19.9. The number of aryl methyl sites for hydroxylation is 1. The number of pyridine rings is 1. The minimum absolute atomic E-state index is 0.102. The fourth-order valence-electron chi connectivity index (χ4n) is 4.51. The highest BCUT2D eigenvalue weighted by Crippen LogP contribution is 2.23. The SMILES string of the molecule is Cc1nn(CC(=O)N2CCN(c3ccccc3C(=O)Nc3ccncc3)CC2)c(=O)c2ccccc12. The summed E-state index contributed by atoms with van der Waals surface area (Å²) in [6.45, 7) is 3.86. The largest absolute Gasteiger partial charge is 0.367 e. The van der Waals surface area contributed by atoms with Crippen LogP contribution in [0.4, 0.5) is 11.4 Å². The van der Waals surface area contributed by atoms with E-state index >= 15 is 0 Å². The highest BCUT2D eigenvalue weighted by Gasteiger charge is 2.25. The maximum atomic E-state index is 13.0. The number of aromatic nitrogens is 3. The fraction of sp³-hybridized carbons (Fsp3) is 0.222. The maximum absolute atomic E-state index is 13.0. The van der Waals surface area contributed by atoms with E-state index in [-0.39, 0.29) is 23.9 Å². The molecule has 9 heteroatoms. The molecule has 9 nitrogen and oxygen atoms in total. The molecule has 0 spiro atoms. The number of rotatable bonds is 5. The molecule has 1 N–H and O–H groups in total. The fourth-order valence-corrected chi connectivity index (χ4v) is 4.51. The van der Waals surface area contributed by atoms with Crippen molar-refractivity contribution in [1.82, 2.24) is 19.7 Å². The molecule has 4 aromatic rings. The van der Waals surface area contributed by atoms with Crippen molar-refractivity contribution in [3.63, 3.8) is 0 Å². The Morgan fingerprint density at radius 2 is 1.56 bits per heavy atom. The second kappa shape index (κ2) is 9.99. The monoisotopic (exact) mass is 482 g/mol. The first-order valence-electron chi connectivity index (χ1n) is 11.8. The molecule has 0 radical (unpaired) electrons. The molecule has 0 saturated carbocycles. The van der Waals surface area contributed by atoms with Gasteiger partial charge in [0.15, 0.2) is 0 Å². The van der Waals surface area contributed by atoms with Crippen molar-refractivity contribution in [2.24, 2.45) is 0 Å². The average Bonchev–Trinajstić information content (AvgIpc) is 2.92. The van der Waals surface area contributed by atoms with Gasteiger partial charge in [-0.1, -0.05) is 30.3 Å². The summed E-state index contributed by atoms with van der Waals surface area (Å²) in [7, 11) is 0. The van der Waals surface area contributed by atoms with Crippen LogP contribution in [-0.2, 0) is 11.3 Å². The Morgan fingerprint density at radius 3 is 2.31 bits per heavy atom. The summed E-state index contributed by atoms with van der Waals surface area (Å²) in [5.41, 5.74) is 2.51. The van der Waals surface area contributed by atoms with Crippen molar-refractivity contribution < 1.29 is 9.59 Å². The van der Waals surface area contributed by atoms with Crippen LogP contribution in [-0.4, -0.2) is 57.7 Å². The highest BCUT2D eigenvalue weighted by molar-refractivity contribution is 6.08. The highest BCUT2D eigenvalue weighted by atomic mass is 16.2. The molecule has 1 aliphatic rings. The quantitative estimate of drug-likeness (QED) is 0.470. The lowest BCUT2D eigenvalue weighted by atomic mass is 10.1. The number of carbonyl (C=O) groups excluding carboxylic acids is 2. The van der Waals surface area contributed by atoms with Gasteiger partial charge in [-0.05, 0) is 37.3 Å². The van der Waals surface area contributed by atoms with Crippen LogP contribution in [0.3, 0.4) is 0 Å². The molecule has 0 atom stereocenters. The van der Waals surface area contributed by atoms with Crippen molar-refractivity contribution in [3.05, 3.63) is 94.7 Å². The summed E-state index contributed by atoms with van der Waals surface area (Å²) >= 11 is 0. The van der Waals surface area contributed by atoms with Gasteiger partial charge < -0.3 is 15.1 Å². The summed E-state index contributed by atoms with van der Waals surface area (Å²) in [4.78, 5) is 46.6. The van der Waals surface area contributed by atoms with Gasteiger partial charge >= 0.3 is 0 Å². The van der Waals surface area contributed by atoms with E-state index in [1.54, 1.807) is 41.6 Å². The molecule has 2 amide bonds. The van der Waals surface area contributed by atoms with Gasteiger partial charge in [-0.15, -0.1) is 0 Å². The number of amides is 2. The van der Waals surface area contributed by atoms with Crippen molar-refractivity contribution in [2.45, 2.75) is 13.5 Å². The van der Waals surface area contributed by atoms with Crippen LogP contribution in [0.2, 0.25) is 0 Å². The lowest BCUT2D eigenvalue weighted by Gasteiger charge is -2.36. The van der Waals surface area contributed by atoms with Gasteiger partial charge in [-0.25, -0.2) is 4.68 Å². The molecular formula is C27H26N6O3. The molecule has 0 bridgehead atoms. The van der Waals surface area contributed by atoms with Gasteiger partial charge in [-0.3, -0.25) is 19.4 Å². The summed E-state index contributed by atoms with van der Waals surface area (Å²) in [6, 6.07) is 18.2. The normalized spacial score (nSPS) is 13.6. The van der Waals surface area contributed by atoms with Gasteiger partial charge in [-0.2, -0.15) is 5.10 Å². The van der Waals surface area contributed by atoms with Gasteiger partial charge in [0, 0.05) is 55.3 Å². The minimum atomic E-state index is -0.266. The predicted octanol–water partition coefficient (Wildman–Crippen LogP) is 2.70. The number of carbonyl (C=O) groups is 2. The van der Waals surface area contributed by atoms with Crippen molar-refractivity contribution in [1.29, 1.82) is 0 Å².